The summed E-state index contributed by atoms with van der Waals surface area (Å²) < 4.78 is 0. The van der Waals surface area contributed by atoms with Crippen molar-refractivity contribution in [3.05, 3.63) is 58.8 Å². The lowest BCUT2D eigenvalue weighted by atomic mass is 9.95. The molecule has 1 aromatic carbocycles. The second-order valence-corrected chi connectivity index (χ2v) is 5.80. The maximum atomic E-state index is 6.08. The maximum Gasteiger partial charge on any atom is 0.128 e. The first-order valence-electron chi connectivity index (χ1n) is 7.58. The summed E-state index contributed by atoms with van der Waals surface area (Å²) in [5.74, 6) is 1.14. The van der Waals surface area contributed by atoms with Gasteiger partial charge in [0.25, 0.3) is 0 Å². The number of nitrogens with one attached hydrogen (secondary N) is 1. The molecule has 21 heavy (non-hydrogen) atoms. The molecular weight excluding hydrogens is 258 g/mol. The fourth-order valence-corrected chi connectivity index (χ4v) is 2.52. The molecule has 2 aromatic rings. The first-order chi connectivity index (χ1) is 10.0. The normalized spacial score (nSPS) is 12.6. The molecule has 1 heterocycles. The van der Waals surface area contributed by atoms with Crippen LogP contribution in [0.25, 0.3) is 0 Å². The third-order valence-electron chi connectivity index (χ3n) is 3.74. The first kappa shape index (κ1) is 15.5. The molecule has 0 aliphatic heterocycles. The molecule has 112 valence electrons. The van der Waals surface area contributed by atoms with Crippen LogP contribution in [0.4, 0.5) is 5.82 Å². The van der Waals surface area contributed by atoms with Gasteiger partial charge in [-0.3, -0.25) is 0 Å². The van der Waals surface area contributed by atoms with Crippen LogP contribution >= 0.6 is 0 Å². The molecule has 1 atom stereocenters. The highest BCUT2D eigenvalue weighted by atomic mass is 14.9. The number of hydrogen-bond acceptors (Lipinski definition) is 3. The zero-order valence-corrected chi connectivity index (χ0v) is 13.4. The van der Waals surface area contributed by atoms with Gasteiger partial charge in [0.1, 0.15) is 5.82 Å². The van der Waals surface area contributed by atoms with Crippen molar-refractivity contribution in [2.24, 2.45) is 0 Å². The molecule has 3 nitrogen and oxygen atoms in total. The van der Waals surface area contributed by atoms with Gasteiger partial charge in [0.2, 0.25) is 0 Å². The van der Waals surface area contributed by atoms with Gasteiger partial charge < -0.3 is 11.1 Å². The highest BCUT2D eigenvalue weighted by Crippen LogP contribution is 2.27. The molecule has 1 unspecified atom stereocenters. The van der Waals surface area contributed by atoms with E-state index in [0.29, 0.717) is 11.7 Å². The molecule has 0 radical (unpaired) electrons. The quantitative estimate of drug-likeness (QED) is 0.877. The van der Waals surface area contributed by atoms with Crippen LogP contribution in [0.5, 0.6) is 0 Å². The minimum atomic E-state index is 0.0867. The van der Waals surface area contributed by atoms with E-state index in [0.717, 1.165) is 17.7 Å². The standard InChI is InChI=1S/C18H25N3/c1-5-20-17(16-10-13(4)11-21-18(16)19)15-8-6-14(7-9-15)12(2)3/h6-12,17,20H,5H2,1-4H3,(H2,19,21). The van der Waals surface area contributed by atoms with Gasteiger partial charge in [0, 0.05) is 11.8 Å². The molecule has 0 saturated carbocycles. The van der Waals surface area contributed by atoms with E-state index in [1.807, 2.05) is 13.1 Å². The number of anilines is 1. The topological polar surface area (TPSA) is 50.9 Å². The fourth-order valence-electron chi connectivity index (χ4n) is 2.52. The number of aromatic nitrogens is 1. The van der Waals surface area contributed by atoms with E-state index in [9.17, 15) is 0 Å². The monoisotopic (exact) mass is 283 g/mol. The Morgan fingerprint density at radius 3 is 2.33 bits per heavy atom. The summed E-state index contributed by atoms with van der Waals surface area (Å²) in [6, 6.07) is 11.0. The van der Waals surface area contributed by atoms with E-state index in [1.165, 1.54) is 11.1 Å². The van der Waals surface area contributed by atoms with Crippen molar-refractivity contribution in [1.29, 1.82) is 0 Å². The summed E-state index contributed by atoms with van der Waals surface area (Å²) >= 11 is 0. The number of benzene rings is 1. The predicted octanol–water partition coefficient (Wildman–Crippen LogP) is 3.79. The Bertz CT molecular complexity index is 588. The highest BCUT2D eigenvalue weighted by molar-refractivity contribution is 5.47. The number of pyridine rings is 1. The van der Waals surface area contributed by atoms with Crippen molar-refractivity contribution >= 4 is 5.82 Å². The molecule has 0 bridgehead atoms. The van der Waals surface area contributed by atoms with Crippen molar-refractivity contribution in [2.45, 2.75) is 39.7 Å². The van der Waals surface area contributed by atoms with Gasteiger partial charge in [-0.1, -0.05) is 45.0 Å². The summed E-state index contributed by atoms with van der Waals surface area (Å²) in [4.78, 5) is 4.29. The van der Waals surface area contributed by atoms with Gasteiger partial charge in [-0.05, 0) is 42.1 Å². The van der Waals surface area contributed by atoms with Crippen LogP contribution in [0.15, 0.2) is 36.5 Å². The van der Waals surface area contributed by atoms with Crippen molar-refractivity contribution in [1.82, 2.24) is 10.3 Å². The molecule has 0 aliphatic rings. The smallest absolute Gasteiger partial charge is 0.128 e. The predicted molar refractivity (Wildman–Crippen MR) is 89.4 cm³/mol. The van der Waals surface area contributed by atoms with Crippen LogP contribution in [0.1, 0.15) is 55.0 Å². The van der Waals surface area contributed by atoms with E-state index in [2.05, 4.69) is 61.4 Å². The molecule has 2 rings (SSSR count). The molecule has 0 aliphatic carbocycles. The first-order valence-corrected chi connectivity index (χ1v) is 7.58. The van der Waals surface area contributed by atoms with Crippen molar-refractivity contribution in [3.63, 3.8) is 0 Å². The molecule has 3 heteroatoms. The van der Waals surface area contributed by atoms with E-state index in [1.54, 1.807) is 0 Å². The van der Waals surface area contributed by atoms with Gasteiger partial charge in [0.15, 0.2) is 0 Å². The lowest BCUT2D eigenvalue weighted by Gasteiger charge is -2.21. The average molecular weight is 283 g/mol. The fraction of sp³-hybridized carbons (Fsp3) is 0.389. The van der Waals surface area contributed by atoms with Crippen molar-refractivity contribution in [2.75, 3.05) is 12.3 Å². The Balaban J connectivity index is 2.40. The largest absolute Gasteiger partial charge is 0.383 e. The highest BCUT2D eigenvalue weighted by Gasteiger charge is 2.17. The lowest BCUT2D eigenvalue weighted by Crippen LogP contribution is -2.23. The Hall–Kier alpha value is -1.87. The van der Waals surface area contributed by atoms with E-state index < -0.39 is 0 Å². The number of nitrogens with two attached hydrogens (primary N) is 1. The van der Waals surface area contributed by atoms with Crippen molar-refractivity contribution in [3.8, 4) is 0 Å². The minimum Gasteiger partial charge on any atom is -0.383 e. The van der Waals surface area contributed by atoms with E-state index >= 15 is 0 Å². The second kappa shape index (κ2) is 6.72. The van der Waals surface area contributed by atoms with Crippen LogP contribution in [-0.2, 0) is 0 Å². The number of hydrogen-bond donors (Lipinski definition) is 2. The third kappa shape index (κ3) is 3.61. The third-order valence-corrected chi connectivity index (χ3v) is 3.74. The molecule has 3 N–H and O–H groups in total. The lowest BCUT2D eigenvalue weighted by molar-refractivity contribution is 0.629. The number of nitrogen functional groups attached to an aromatic ring is 1. The SMILES string of the molecule is CCNC(c1ccc(C(C)C)cc1)c1cc(C)cnc1N. The zero-order valence-electron chi connectivity index (χ0n) is 13.4. The van der Waals surface area contributed by atoms with Crippen LogP contribution in [0, 0.1) is 6.92 Å². The van der Waals surface area contributed by atoms with E-state index in [-0.39, 0.29) is 6.04 Å². The summed E-state index contributed by atoms with van der Waals surface area (Å²) in [6.45, 7) is 9.44. The van der Waals surface area contributed by atoms with Gasteiger partial charge in [-0.25, -0.2) is 4.98 Å². The molecule has 0 fully saturated rings. The molecule has 1 aromatic heterocycles. The summed E-state index contributed by atoms with van der Waals surface area (Å²) in [5, 5.41) is 3.51. The zero-order chi connectivity index (χ0) is 15.4. The second-order valence-electron chi connectivity index (χ2n) is 5.80. The molecular formula is C18H25N3. The van der Waals surface area contributed by atoms with Crippen LogP contribution < -0.4 is 11.1 Å². The summed E-state index contributed by atoms with van der Waals surface area (Å²) in [6.07, 6.45) is 1.81. The van der Waals surface area contributed by atoms with Gasteiger partial charge >= 0.3 is 0 Å². The Morgan fingerprint density at radius 1 is 1.14 bits per heavy atom. The number of rotatable bonds is 5. The van der Waals surface area contributed by atoms with Crippen LogP contribution in [-0.4, -0.2) is 11.5 Å². The Kier molecular flexibility index (Phi) is 4.97. The van der Waals surface area contributed by atoms with Gasteiger partial charge in [-0.15, -0.1) is 0 Å². The van der Waals surface area contributed by atoms with Gasteiger partial charge in [0.05, 0.1) is 6.04 Å². The Labute approximate surface area is 127 Å². The maximum absolute atomic E-state index is 6.08. The van der Waals surface area contributed by atoms with E-state index in [4.69, 9.17) is 5.73 Å². The van der Waals surface area contributed by atoms with Crippen molar-refractivity contribution < 1.29 is 0 Å². The van der Waals surface area contributed by atoms with Gasteiger partial charge in [-0.2, -0.15) is 0 Å². The molecule has 0 spiro atoms. The Morgan fingerprint density at radius 2 is 1.76 bits per heavy atom. The summed E-state index contributed by atoms with van der Waals surface area (Å²) in [5.41, 5.74) is 10.8. The summed E-state index contributed by atoms with van der Waals surface area (Å²) in [7, 11) is 0. The number of aryl methyl sites for hydroxylation is 1. The average Bonchev–Trinajstić information content (AvgIpc) is 2.48. The number of nitrogens with zero attached hydrogens (tertiary/aromatic N) is 1. The minimum absolute atomic E-state index is 0.0867. The molecule has 0 saturated heterocycles. The van der Waals surface area contributed by atoms with Crippen LogP contribution in [0.3, 0.4) is 0 Å². The molecule has 0 amide bonds. The van der Waals surface area contributed by atoms with Crippen LogP contribution in [0.2, 0.25) is 0 Å².